The van der Waals surface area contributed by atoms with E-state index in [0.717, 1.165) is 27.0 Å². The van der Waals surface area contributed by atoms with Crippen LogP contribution in [0.5, 0.6) is 5.75 Å². The number of rotatable bonds is 8. The molecule has 2 aromatic heterocycles. The average molecular weight is 532 g/mol. The molecule has 0 fully saturated rings. The van der Waals surface area contributed by atoms with Gasteiger partial charge in [-0.2, -0.15) is 0 Å². The number of benzene rings is 2. The van der Waals surface area contributed by atoms with Crippen molar-refractivity contribution in [3.8, 4) is 5.75 Å². The van der Waals surface area contributed by atoms with Gasteiger partial charge in [0.25, 0.3) is 11.5 Å². The quantitative estimate of drug-likeness (QED) is 0.349. The molecule has 2 heterocycles. The second-order valence-corrected chi connectivity index (χ2v) is 11.8. The van der Waals surface area contributed by atoms with Crippen LogP contribution in [0.2, 0.25) is 0 Å². The fourth-order valence-corrected chi connectivity index (χ4v) is 6.08. The van der Waals surface area contributed by atoms with Crippen LogP contribution in [0.3, 0.4) is 0 Å². The Balaban J connectivity index is 1.57. The number of ether oxygens (including phenoxy) is 1. The van der Waals surface area contributed by atoms with E-state index in [1.165, 1.54) is 10.6 Å². The van der Waals surface area contributed by atoms with Gasteiger partial charge >= 0.3 is 5.69 Å². The van der Waals surface area contributed by atoms with Crippen molar-refractivity contribution in [3.05, 3.63) is 91.4 Å². The first-order valence-electron chi connectivity index (χ1n) is 11.1. The molecule has 0 bridgehead atoms. The summed E-state index contributed by atoms with van der Waals surface area (Å²) in [4.78, 5) is 40.2. The van der Waals surface area contributed by atoms with Crippen LogP contribution in [0, 0.1) is 6.92 Å². The summed E-state index contributed by atoms with van der Waals surface area (Å²) < 4.78 is 24.6. The van der Waals surface area contributed by atoms with E-state index in [-0.39, 0.29) is 30.1 Å². The summed E-state index contributed by atoms with van der Waals surface area (Å²) in [5.41, 5.74) is 0.848. The van der Waals surface area contributed by atoms with Crippen molar-refractivity contribution in [1.82, 2.24) is 14.5 Å². The van der Waals surface area contributed by atoms with Gasteiger partial charge in [0, 0.05) is 24.2 Å². The molecule has 0 aliphatic carbocycles. The number of nitrogens with zero attached hydrogens (tertiary/aromatic N) is 2. The second kappa shape index (κ2) is 10.3. The van der Waals surface area contributed by atoms with E-state index in [9.17, 15) is 14.4 Å². The summed E-state index contributed by atoms with van der Waals surface area (Å²) in [7, 11) is 0.425. The van der Waals surface area contributed by atoms with Gasteiger partial charge in [0.15, 0.2) is 0 Å². The number of nitrogens with one attached hydrogen (secondary N) is 1. The average Bonchev–Trinajstić information content (AvgIpc) is 3.32. The number of methoxy groups -OCH3 is 1. The topological polar surface area (TPSA) is 128 Å². The Kier molecular flexibility index (Phi) is 7.36. The van der Waals surface area contributed by atoms with Crippen molar-refractivity contribution in [2.75, 3.05) is 12.9 Å². The predicted octanol–water partition coefficient (Wildman–Crippen LogP) is 2.15. The van der Waals surface area contributed by atoms with E-state index >= 15 is 0 Å². The molecule has 1 amide bonds. The van der Waals surface area contributed by atoms with Gasteiger partial charge in [-0.15, -0.1) is 11.3 Å². The molecule has 0 unspecified atom stereocenters. The lowest BCUT2D eigenvalue weighted by Crippen LogP contribution is -2.39. The maximum absolute atomic E-state index is 13.2. The van der Waals surface area contributed by atoms with Gasteiger partial charge in [-0.25, -0.2) is 4.79 Å². The molecule has 0 aliphatic rings. The molecule has 190 valence electrons. The van der Waals surface area contributed by atoms with E-state index < -0.39 is 21.8 Å². The van der Waals surface area contributed by atoms with Crippen LogP contribution < -0.4 is 21.3 Å². The lowest BCUT2D eigenvalue weighted by molar-refractivity contribution is 0.0955. The highest BCUT2D eigenvalue weighted by molar-refractivity contribution is 8.24. The molecule has 0 atom stereocenters. The second-order valence-electron chi connectivity index (χ2n) is 8.42. The number of carbonyl (C=O) groups is 1. The number of aromatic nitrogens is 2. The van der Waals surface area contributed by atoms with Crippen LogP contribution in [0.1, 0.15) is 20.8 Å². The van der Waals surface area contributed by atoms with Crippen molar-refractivity contribution >= 4 is 38.1 Å². The highest BCUT2D eigenvalue weighted by atomic mass is 32.3. The predicted molar refractivity (Wildman–Crippen MR) is 145 cm³/mol. The first kappa shape index (κ1) is 25.7. The molecule has 4 rings (SSSR count). The first-order chi connectivity index (χ1) is 17.1. The van der Waals surface area contributed by atoms with Gasteiger partial charge in [-0.05, 0) is 42.8 Å². The molecule has 0 spiro atoms. The van der Waals surface area contributed by atoms with Crippen molar-refractivity contribution in [3.63, 3.8) is 0 Å². The number of aryl methyl sites for hydroxylation is 2. The largest absolute Gasteiger partial charge is 0.497 e. The van der Waals surface area contributed by atoms with E-state index in [2.05, 4.69) is 5.32 Å². The summed E-state index contributed by atoms with van der Waals surface area (Å²) in [6.07, 6.45) is 0. The number of hydrogen-bond donors (Lipinski definition) is 1. The molecule has 0 radical (unpaired) electrons. The number of hydrogen-bond acceptors (Lipinski definition) is 5. The van der Waals surface area contributed by atoms with Crippen LogP contribution in [0.15, 0.2) is 69.1 Å². The summed E-state index contributed by atoms with van der Waals surface area (Å²) in [6, 6.07) is 16.1. The zero-order valence-electron chi connectivity index (χ0n) is 20.2. The fourth-order valence-electron chi connectivity index (χ4n) is 3.76. The molecular formula is C25H29N3O6S2+2. The Morgan fingerprint density at radius 2 is 1.83 bits per heavy atom. The van der Waals surface area contributed by atoms with Crippen molar-refractivity contribution in [2.45, 2.75) is 24.9 Å². The first-order valence-corrected chi connectivity index (χ1v) is 13.7. The third kappa shape index (κ3) is 5.24. The molecule has 11 heteroatoms. The van der Waals surface area contributed by atoms with Gasteiger partial charge in [0.2, 0.25) is 0 Å². The molecule has 0 aliphatic heterocycles. The number of fused-ring (bicyclic) bond motifs is 1. The maximum Gasteiger partial charge on any atom is 0.331 e. The van der Waals surface area contributed by atoms with Crippen molar-refractivity contribution in [2.24, 2.45) is 7.05 Å². The van der Waals surface area contributed by atoms with Gasteiger partial charge in [-0.1, -0.05) is 29.8 Å². The third-order valence-corrected chi connectivity index (χ3v) is 8.95. The van der Waals surface area contributed by atoms with Gasteiger partial charge in [-0.3, -0.25) is 27.8 Å². The van der Waals surface area contributed by atoms with Crippen LogP contribution in [-0.4, -0.2) is 37.0 Å². The third-order valence-electron chi connectivity index (χ3n) is 5.87. The number of carbonyl (C=O) groups excluding carboxylic acids is 1. The zero-order chi connectivity index (χ0) is 26.0. The van der Waals surface area contributed by atoms with E-state index in [1.54, 1.807) is 26.3 Å². The SMILES string of the molecule is COc1cccc(CNC(=O)c2cc3c(=O)n(CCS([OH2+])([OH2+])c4ccc(C)cc4)c(=O)n(C)c3s2)c1. The minimum absolute atomic E-state index is 0.0364. The summed E-state index contributed by atoms with van der Waals surface area (Å²) in [5.74, 6) is 0.375. The Hall–Kier alpha value is -3.38. The maximum atomic E-state index is 13.2. The van der Waals surface area contributed by atoms with Gasteiger partial charge < -0.3 is 10.1 Å². The normalized spacial score (nSPS) is 12.0. The van der Waals surface area contributed by atoms with E-state index in [4.69, 9.17) is 13.8 Å². The van der Waals surface area contributed by atoms with Crippen LogP contribution in [-0.2, 0) is 20.1 Å². The molecule has 2 aromatic carbocycles. The summed E-state index contributed by atoms with van der Waals surface area (Å²) >= 11 is 1.08. The molecule has 5 N–H and O–H groups in total. The summed E-state index contributed by atoms with van der Waals surface area (Å²) in [6.45, 7) is 2.16. The van der Waals surface area contributed by atoms with Crippen LogP contribution in [0.4, 0.5) is 0 Å². The van der Waals surface area contributed by atoms with Crippen LogP contribution in [0.25, 0.3) is 10.2 Å². The number of amides is 1. The van der Waals surface area contributed by atoms with Crippen molar-refractivity contribution < 1.29 is 18.6 Å². The minimum atomic E-state index is -2.70. The van der Waals surface area contributed by atoms with E-state index in [0.29, 0.717) is 20.4 Å². The van der Waals surface area contributed by atoms with E-state index in [1.807, 2.05) is 43.3 Å². The standard InChI is InChI=1S/C25H27N3O6S2/c1-16-7-9-19(10-8-16)36(32,33)12-11-28-23(30)20-14-21(35-24(20)27(2)25(28)31)22(29)26-15-17-5-4-6-18(13-17)34-3/h4-10,13-14,32-33H,11-12,15H2,1-3H3,(H,26,29)/p+2. The molecule has 0 saturated heterocycles. The Labute approximate surface area is 212 Å². The zero-order valence-corrected chi connectivity index (χ0v) is 21.8. The lowest BCUT2D eigenvalue weighted by Gasteiger charge is -2.24. The molecular weight excluding hydrogens is 502 g/mol. The summed E-state index contributed by atoms with van der Waals surface area (Å²) in [5, 5.41) is 3.10. The Bertz CT molecular complexity index is 1540. The van der Waals surface area contributed by atoms with Gasteiger partial charge in [0.05, 0.1) is 23.9 Å². The van der Waals surface area contributed by atoms with Crippen molar-refractivity contribution in [1.29, 1.82) is 0 Å². The molecule has 36 heavy (non-hydrogen) atoms. The minimum Gasteiger partial charge on any atom is -0.497 e. The molecule has 4 aromatic rings. The smallest absolute Gasteiger partial charge is 0.331 e. The number of thiophene rings is 1. The van der Waals surface area contributed by atoms with Gasteiger partial charge in [0.1, 0.15) is 21.2 Å². The molecule has 0 saturated carbocycles. The van der Waals surface area contributed by atoms with Crippen LogP contribution >= 0.6 is 21.9 Å². The highest BCUT2D eigenvalue weighted by Crippen LogP contribution is 2.47. The monoisotopic (exact) mass is 531 g/mol. The lowest BCUT2D eigenvalue weighted by atomic mass is 10.2. The Morgan fingerprint density at radius 3 is 2.53 bits per heavy atom. The highest BCUT2D eigenvalue weighted by Gasteiger charge is 2.26. The molecule has 9 nitrogen and oxygen atoms in total. The Morgan fingerprint density at radius 1 is 1.11 bits per heavy atom. The fraction of sp³-hybridized carbons (Fsp3) is 0.240.